The van der Waals surface area contributed by atoms with Crippen molar-refractivity contribution in [3.8, 4) is 17.2 Å². The number of nitrogens with zero attached hydrogens (tertiary/aromatic N) is 2. The Balaban J connectivity index is 1.74. The second-order valence-electron chi connectivity index (χ2n) is 6.51. The van der Waals surface area contributed by atoms with E-state index in [4.69, 9.17) is 14.2 Å². The minimum absolute atomic E-state index is 0.00855. The number of benzene rings is 2. The van der Waals surface area contributed by atoms with E-state index in [0.717, 1.165) is 11.3 Å². The van der Waals surface area contributed by atoms with Gasteiger partial charge in [-0.1, -0.05) is 12.1 Å². The average molecular weight is 421 g/mol. The van der Waals surface area contributed by atoms with E-state index in [1.165, 1.54) is 24.0 Å². The zero-order chi connectivity index (χ0) is 22.2. The van der Waals surface area contributed by atoms with Gasteiger partial charge in [0.25, 0.3) is 11.5 Å². The van der Waals surface area contributed by atoms with Crippen LogP contribution in [0.3, 0.4) is 0 Å². The number of pyridine rings is 1. The van der Waals surface area contributed by atoms with Gasteiger partial charge in [-0.2, -0.15) is 5.10 Å². The van der Waals surface area contributed by atoms with Crippen molar-refractivity contribution in [1.29, 1.82) is 0 Å². The third-order valence-corrected chi connectivity index (χ3v) is 4.58. The van der Waals surface area contributed by atoms with E-state index >= 15 is 0 Å². The molecule has 0 spiro atoms. The third-order valence-electron chi connectivity index (χ3n) is 4.58. The Labute approximate surface area is 179 Å². The summed E-state index contributed by atoms with van der Waals surface area (Å²) in [7, 11) is 4.68. The molecule has 0 aliphatic heterocycles. The molecule has 1 amide bonds. The molecule has 1 aromatic heterocycles. The summed E-state index contributed by atoms with van der Waals surface area (Å²) in [5.41, 5.74) is 3.49. The van der Waals surface area contributed by atoms with Crippen LogP contribution in [0.2, 0.25) is 0 Å². The van der Waals surface area contributed by atoms with Gasteiger partial charge >= 0.3 is 0 Å². The Bertz CT molecular complexity index is 1140. The number of carbonyl (C=O) groups is 1. The molecule has 0 unspecified atom stereocenters. The standard InChI is InChI=1S/C23H23N3O5/c1-29-18-8-6-16(7-9-18)15-26-12-4-5-20(23(26)28)22(27)25-24-14-17-13-19(30-2)10-11-21(17)31-3/h4-14H,15H2,1-3H3,(H,25,27)/b24-14-. The molecule has 0 radical (unpaired) electrons. The van der Waals surface area contributed by atoms with E-state index in [1.54, 1.807) is 44.7 Å². The summed E-state index contributed by atoms with van der Waals surface area (Å²) >= 11 is 0. The topological polar surface area (TPSA) is 91.2 Å². The highest BCUT2D eigenvalue weighted by molar-refractivity contribution is 5.94. The monoisotopic (exact) mass is 421 g/mol. The molecule has 2 aromatic carbocycles. The molecule has 1 N–H and O–H groups in total. The Morgan fingerprint density at radius 3 is 2.39 bits per heavy atom. The van der Waals surface area contributed by atoms with Crippen LogP contribution in [0.1, 0.15) is 21.5 Å². The first kappa shape index (κ1) is 21.6. The number of methoxy groups -OCH3 is 3. The highest BCUT2D eigenvalue weighted by Gasteiger charge is 2.12. The smallest absolute Gasteiger partial charge is 0.276 e. The maximum Gasteiger partial charge on any atom is 0.276 e. The van der Waals surface area contributed by atoms with Crippen LogP contribution in [-0.4, -0.2) is 38.0 Å². The summed E-state index contributed by atoms with van der Waals surface area (Å²) in [5, 5.41) is 3.95. The maximum atomic E-state index is 12.7. The molecule has 0 saturated carbocycles. The van der Waals surface area contributed by atoms with E-state index in [2.05, 4.69) is 10.5 Å². The fraction of sp³-hybridized carbons (Fsp3) is 0.174. The van der Waals surface area contributed by atoms with Gasteiger partial charge in [0.15, 0.2) is 0 Å². The molecule has 0 fully saturated rings. The summed E-state index contributed by atoms with van der Waals surface area (Å²) in [6, 6.07) is 15.7. The highest BCUT2D eigenvalue weighted by atomic mass is 16.5. The number of aromatic nitrogens is 1. The zero-order valence-electron chi connectivity index (χ0n) is 17.5. The van der Waals surface area contributed by atoms with Gasteiger partial charge in [-0.05, 0) is 48.0 Å². The molecule has 0 atom stereocenters. The van der Waals surface area contributed by atoms with Gasteiger partial charge < -0.3 is 18.8 Å². The van der Waals surface area contributed by atoms with Crippen LogP contribution in [0.5, 0.6) is 17.2 Å². The van der Waals surface area contributed by atoms with Crippen molar-refractivity contribution in [3.63, 3.8) is 0 Å². The molecule has 0 saturated heterocycles. The summed E-state index contributed by atoms with van der Waals surface area (Å²) < 4.78 is 17.1. The predicted octanol–water partition coefficient (Wildman–Crippen LogP) is 2.69. The number of amides is 1. The lowest BCUT2D eigenvalue weighted by Gasteiger charge is -2.09. The SMILES string of the molecule is COc1ccc(Cn2cccc(C(=O)N/N=C\c3cc(OC)ccc3OC)c2=O)cc1. The molecule has 160 valence electrons. The van der Waals surface area contributed by atoms with Gasteiger partial charge in [0.2, 0.25) is 0 Å². The molecule has 0 bridgehead atoms. The number of rotatable bonds is 8. The molecule has 8 nitrogen and oxygen atoms in total. The van der Waals surface area contributed by atoms with Crippen molar-refractivity contribution in [1.82, 2.24) is 9.99 Å². The number of carbonyl (C=O) groups excluding carboxylic acids is 1. The molecule has 3 aromatic rings. The molecular weight excluding hydrogens is 398 g/mol. The lowest BCUT2D eigenvalue weighted by molar-refractivity contribution is 0.0953. The molecule has 3 rings (SSSR count). The molecule has 0 aliphatic rings. The summed E-state index contributed by atoms with van der Waals surface area (Å²) in [6.45, 7) is 0.328. The van der Waals surface area contributed by atoms with E-state index < -0.39 is 11.5 Å². The Morgan fingerprint density at radius 1 is 1.00 bits per heavy atom. The number of ether oxygens (including phenoxy) is 3. The van der Waals surface area contributed by atoms with Gasteiger partial charge in [0.05, 0.1) is 34.1 Å². The molecule has 1 heterocycles. The van der Waals surface area contributed by atoms with Gasteiger partial charge in [-0.3, -0.25) is 9.59 Å². The summed E-state index contributed by atoms with van der Waals surface area (Å²) in [5.74, 6) is 1.32. The van der Waals surface area contributed by atoms with Crippen LogP contribution >= 0.6 is 0 Å². The van der Waals surface area contributed by atoms with Crippen LogP contribution in [0.15, 0.2) is 70.7 Å². The van der Waals surface area contributed by atoms with Crippen molar-refractivity contribution in [2.45, 2.75) is 6.54 Å². The van der Waals surface area contributed by atoms with E-state index in [1.807, 2.05) is 24.3 Å². The first-order chi connectivity index (χ1) is 15.0. The fourth-order valence-corrected chi connectivity index (χ4v) is 2.92. The number of hydrogen-bond acceptors (Lipinski definition) is 6. The minimum Gasteiger partial charge on any atom is -0.497 e. The van der Waals surface area contributed by atoms with Gasteiger partial charge in [-0.15, -0.1) is 0 Å². The quantitative estimate of drug-likeness (QED) is 0.446. The second kappa shape index (κ2) is 10.1. The first-order valence-corrected chi connectivity index (χ1v) is 9.43. The van der Waals surface area contributed by atoms with Crippen LogP contribution in [0.25, 0.3) is 0 Å². The zero-order valence-corrected chi connectivity index (χ0v) is 17.5. The normalized spacial score (nSPS) is 10.7. The number of hydrogen-bond donors (Lipinski definition) is 1. The fourth-order valence-electron chi connectivity index (χ4n) is 2.92. The second-order valence-corrected chi connectivity index (χ2v) is 6.51. The van der Waals surface area contributed by atoms with Crippen molar-refractivity contribution in [2.75, 3.05) is 21.3 Å². The highest BCUT2D eigenvalue weighted by Crippen LogP contribution is 2.22. The van der Waals surface area contributed by atoms with E-state index in [0.29, 0.717) is 23.6 Å². The van der Waals surface area contributed by atoms with Crippen molar-refractivity contribution in [2.24, 2.45) is 5.10 Å². The summed E-state index contributed by atoms with van der Waals surface area (Å²) in [6.07, 6.45) is 3.06. The van der Waals surface area contributed by atoms with Gasteiger partial charge in [0.1, 0.15) is 22.8 Å². The Kier molecular flexibility index (Phi) is 7.05. The molecule has 8 heteroatoms. The van der Waals surface area contributed by atoms with Crippen LogP contribution in [-0.2, 0) is 6.54 Å². The van der Waals surface area contributed by atoms with Gasteiger partial charge in [0, 0.05) is 11.8 Å². The lowest BCUT2D eigenvalue weighted by atomic mass is 10.2. The third kappa shape index (κ3) is 5.30. The largest absolute Gasteiger partial charge is 0.497 e. The average Bonchev–Trinajstić information content (AvgIpc) is 2.80. The molecule has 31 heavy (non-hydrogen) atoms. The van der Waals surface area contributed by atoms with E-state index in [9.17, 15) is 9.59 Å². The Morgan fingerprint density at radius 2 is 1.71 bits per heavy atom. The van der Waals surface area contributed by atoms with Crippen LogP contribution in [0, 0.1) is 0 Å². The lowest BCUT2D eigenvalue weighted by Crippen LogP contribution is -2.30. The minimum atomic E-state index is -0.604. The molecular formula is C23H23N3O5. The van der Waals surface area contributed by atoms with Crippen LogP contribution in [0.4, 0.5) is 0 Å². The molecule has 0 aliphatic carbocycles. The van der Waals surface area contributed by atoms with Crippen molar-refractivity contribution >= 4 is 12.1 Å². The van der Waals surface area contributed by atoms with E-state index in [-0.39, 0.29) is 5.56 Å². The first-order valence-electron chi connectivity index (χ1n) is 9.43. The van der Waals surface area contributed by atoms with Crippen molar-refractivity contribution < 1.29 is 19.0 Å². The summed E-state index contributed by atoms with van der Waals surface area (Å²) in [4.78, 5) is 25.3. The predicted molar refractivity (Wildman–Crippen MR) is 117 cm³/mol. The van der Waals surface area contributed by atoms with Gasteiger partial charge in [-0.25, -0.2) is 5.43 Å². The Hall–Kier alpha value is -4.07. The number of hydrazone groups is 1. The number of nitrogens with one attached hydrogen (secondary N) is 1. The van der Waals surface area contributed by atoms with Crippen LogP contribution < -0.4 is 25.2 Å². The maximum absolute atomic E-state index is 12.7. The van der Waals surface area contributed by atoms with Crippen molar-refractivity contribution in [3.05, 3.63) is 87.8 Å².